The number of furan rings is 1. The fourth-order valence-electron chi connectivity index (χ4n) is 2.03. The average Bonchev–Trinajstić information content (AvgIpc) is 2.92. The van der Waals surface area contributed by atoms with Gasteiger partial charge in [0.15, 0.2) is 11.5 Å². The molecule has 0 aliphatic carbocycles. The van der Waals surface area contributed by atoms with Crippen LogP contribution in [0.3, 0.4) is 0 Å². The summed E-state index contributed by atoms with van der Waals surface area (Å²) < 4.78 is 5.35. The number of rotatable bonds is 4. The van der Waals surface area contributed by atoms with E-state index in [1.165, 1.54) is 0 Å². The first-order valence-electron chi connectivity index (χ1n) is 7.68. The van der Waals surface area contributed by atoms with Gasteiger partial charge in [-0.15, -0.1) is 0 Å². The summed E-state index contributed by atoms with van der Waals surface area (Å²) in [7, 11) is 0. The topological polar surface area (TPSA) is 88.2 Å². The zero-order valence-corrected chi connectivity index (χ0v) is 14.3. The molecule has 0 saturated heterocycles. The lowest BCUT2D eigenvalue weighted by Gasteiger charge is -2.05. The van der Waals surface area contributed by atoms with Crippen LogP contribution in [0.25, 0.3) is 0 Å². The predicted octanol–water partition coefficient (Wildman–Crippen LogP) is 1.78. The van der Waals surface area contributed by atoms with Gasteiger partial charge >= 0.3 is 0 Å². The number of hydrogen-bond donors (Lipinski definition) is 2. The maximum absolute atomic E-state index is 12.0. The van der Waals surface area contributed by atoms with Gasteiger partial charge in [-0.1, -0.05) is 5.92 Å². The molecule has 0 aromatic carbocycles. The van der Waals surface area contributed by atoms with E-state index >= 15 is 0 Å². The van der Waals surface area contributed by atoms with Gasteiger partial charge in [0.25, 0.3) is 5.91 Å². The summed E-state index contributed by atoms with van der Waals surface area (Å²) in [5.74, 6) is 6.20. The molecule has 2 aromatic heterocycles. The number of amides is 1. The minimum atomic E-state index is -1.11. The molecule has 2 rings (SSSR count). The SMILES string of the molecule is Cc1cc(C)nc(CCNC(=O)c2ccc(C#CC(C)(C)O)o2)n1. The Morgan fingerprint density at radius 1 is 1.29 bits per heavy atom. The van der Waals surface area contributed by atoms with E-state index in [4.69, 9.17) is 4.42 Å². The third-order valence-corrected chi connectivity index (χ3v) is 2.98. The number of aromatic nitrogens is 2. The Morgan fingerprint density at radius 2 is 1.96 bits per heavy atom. The second-order valence-corrected chi connectivity index (χ2v) is 6.05. The monoisotopic (exact) mass is 327 g/mol. The first-order chi connectivity index (χ1) is 11.2. The summed E-state index contributed by atoms with van der Waals surface area (Å²) >= 11 is 0. The molecule has 2 N–H and O–H groups in total. The highest BCUT2D eigenvalue weighted by atomic mass is 16.3. The smallest absolute Gasteiger partial charge is 0.287 e. The van der Waals surface area contributed by atoms with Gasteiger partial charge in [-0.25, -0.2) is 9.97 Å². The van der Waals surface area contributed by atoms with E-state index in [0.717, 1.165) is 11.4 Å². The van der Waals surface area contributed by atoms with Crippen LogP contribution in [0.5, 0.6) is 0 Å². The van der Waals surface area contributed by atoms with Crippen molar-refractivity contribution in [3.05, 3.63) is 46.9 Å². The molecule has 0 radical (unpaired) electrons. The van der Waals surface area contributed by atoms with Crippen molar-refractivity contribution in [1.82, 2.24) is 15.3 Å². The normalized spacial score (nSPS) is 10.9. The van der Waals surface area contributed by atoms with Gasteiger partial charge in [-0.2, -0.15) is 0 Å². The van der Waals surface area contributed by atoms with E-state index in [0.29, 0.717) is 24.6 Å². The van der Waals surface area contributed by atoms with Crippen LogP contribution in [0.4, 0.5) is 0 Å². The summed E-state index contributed by atoms with van der Waals surface area (Å²) in [6.45, 7) is 7.38. The van der Waals surface area contributed by atoms with Crippen molar-refractivity contribution in [2.75, 3.05) is 6.54 Å². The lowest BCUT2D eigenvalue weighted by Crippen LogP contribution is -2.25. The van der Waals surface area contributed by atoms with Gasteiger partial charge in [0.2, 0.25) is 0 Å². The molecule has 6 heteroatoms. The average molecular weight is 327 g/mol. The second kappa shape index (κ2) is 7.28. The summed E-state index contributed by atoms with van der Waals surface area (Å²) in [6.07, 6.45) is 0.542. The lowest BCUT2D eigenvalue weighted by atomic mass is 10.1. The zero-order chi connectivity index (χ0) is 17.7. The van der Waals surface area contributed by atoms with Crippen LogP contribution in [-0.4, -0.2) is 33.1 Å². The molecule has 0 bridgehead atoms. The van der Waals surface area contributed by atoms with Crippen LogP contribution >= 0.6 is 0 Å². The number of nitrogens with one attached hydrogen (secondary N) is 1. The number of carbonyl (C=O) groups excluding carboxylic acids is 1. The van der Waals surface area contributed by atoms with Crippen molar-refractivity contribution < 1.29 is 14.3 Å². The van der Waals surface area contributed by atoms with E-state index in [-0.39, 0.29) is 11.7 Å². The summed E-state index contributed by atoms with van der Waals surface area (Å²) in [5.41, 5.74) is 0.705. The standard InChI is InChI=1S/C18H21N3O3/c1-12-11-13(2)21-16(20-12)8-10-19-17(22)15-6-5-14(24-15)7-9-18(3,4)23/h5-6,11,23H,8,10H2,1-4H3,(H,19,22). The highest BCUT2D eigenvalue weighted by Gasteiger charge is 2.11. The fraction of sp³-hybridized carbons (Fsp3) is 0.389. The van der Waals surface area contributed by atoms with Crippen LogP contribution in [0.1, 0.15) is 47.4 Å². The highest BCUT2D eigenvalue weighted by Crippen LogP contribution is 2.08. The van der Waals surface area contributed by atoms with Gasteiger partial charge in [-0.05, 0) is 51.8 Å². The number of carbonyl (C=O) groups is 1. The molecular formula is C18H21N3O3. The van der Waals surface area contributed by atoms with Crippen LogP contribution in [0, 0.1) is 25.7 Å². The van der Waals surface area contributed by atoms with E-state index < -0.39 is 5.60 Å². The quantitative estimate of drug-likeness (QED) is 0.836. The molecule has 0 aliphatic heterocycles. The van der Waals surface area contributed by atoms with Crippen molar-refractivity contribution in [3.8, 4) is 11.8 Å². The molecule has 6 nitrogen and oxygen atoms in total. The van der Waals surface area contributed by atoms with Crippen molar-refractivity contribution in [2.45, 2.75) is 39.7 Å². The van der Waals surface area contributed by atoms with Crippen LogP contribution in [-0.2, 0) is 6.42 Å². The van der Waals surface area contributed by atoms with Crippen molar-refractivity contribution in [2.24, 2.45) is 0 Å². The van der Waals surface area contributed by atoms with Gasteiger partial charge in [0.1, 0.15) is 11.4 Å². The van der Waals surface area contributed by atoms with Gasteiger partial charge in [0.05, 0.1) is 0 Å². The van der Waals surface area contributed by atoms with Crippen LogP contribution < -0.4 is 5.32 Å². The Balaban J connectivity index is 1.91. The molecular weight excluding hydrogens is 306 g/mol. The minimum absolute atomic E-state index is 0.177. The molecule has 0 atom stereocenters. The molecule has 2 heterocycles. The summed E-state index contributed by atoms with van der Waals surface area (Å²) in [6, 6.07) is 5.05. The Morgan fingerprint density at radius 3 is 2.58 bits per heavy atom. The molecule has 0 fully saturated rings. The highest BCUT2D eigenvalue weighted by molar-refractivity contribution is 5.91. The Kier molecular flexibility index (Phi) is 5.37. The number of aliphatic hydroxyl groups is 1. The van der Waals surface area contributed by atoms with Gasteiger partial charge in [0, 0.05) is 24.4 Å². The van der Waals surface area contributed by atoms with Crippen LogP contribution in [0.15, 0.2) is 22.6 Å². The number of nitrogens with zero attached hydrogens (tertiary/aromatic N) is 2. The molecule has 1 amide bonds. The lowest BCUT2D eigenvalue weighted by molar-refractivity contribution is 0.0926. The molecule has 0 saturated carbocycles. The van der Waals surface area contributed by atoms with E-state index in [1.807, 2.05) is 19.9 Å². The predicted molar refractivity (Wildman–Crippen MR) is 89.4 cm³/mol. The molecule has 126 valence electrons. The third-order valence-electron chi connectivity index (χ3n) is 2.98. The molecule has 2 aromatic rings. The molecule has 0 unspecified atom stereocenters. The minimum Gasteiger partial charge on any atom is -0.443 e. The summed E-state index contributed by atoms with van der Waals surface area (Å²) in [5, 5.41) is 12.3. The van der Waals surface area contributed by atoms with E-state index in [9.17, 15) is 9.90 Å². The van der Waals surface area contributed by atoms with Gasteiger partial charge < -0.3 is 14.8 Å². The van der Waals surface area contributed by atoms with E-state index in [2.05, 4.69) is 27.1 Å². The first kappa shape index (κ1) is 17.7. The van der Waals surface area contributed by atoms with E-state index in [1.54, 1.807) is 26.0 Å². The number of aryl methyl sites for hydroxylation is 2. The first-order valence-corrected chi connectivity index (χ1v) is 7.68. The molecule has 0 aliphatic rings. The maximum atomic E-state index is 12.0. The summed E-state index contributed by atoms with van der Waals surface area (Å²) in [4.78, 5) is 20.7. The third kappa shape index (κ3) is 5.52. The molecule has 24 heavy (non-hydrogen) atoms. The van der Waals surface area contributed by atoms with Crippen LogP contribution in [0.2, 0.25) is 0 Å². The second-order valence-electron chi connectivity index (χ2n) is 6.05. The molecule has 0 spiro atoms. The zero-order valence-electron chi connectivity index (χ0n) is 14.3. The van der Waals surface area contributed by atoms with Gasteiger partial charge in [-0.3, -0.25) is 4.79 Å². The largest absolute Gasteiger partial charge is 0.443 e. The Labute approximate surface area is 141 Å². The van der Waals surface area contributed by atoms with Crippen molar-refractivity contribution >= 4 is 5.91 Å². The Bertz CT molecular complexity index is 772. The van der Waals surface area contributed by atoms with Crippen molar-refractivity contribution in [3.63, 3.8) is 0 Å². The van der Waals surface area contributed by atoms with Crippen molar-refractivity contribution in [1.29, 1.82) is 0 Å². The number of hydrogen-bond acceptors (Lipinski definition) is 5. The fourth-order valence-corrected chi connectivity index (χ4v) is 2.03. The maximum Gasteiger partial charge on any atom is 0.287 e. The Hall–Kier alpha value is -2.65.